The Hall–Kier alpha value is -1.56. The summed E-state index contributed by atoms with van der Waals surface area (Å²) in [6, 6.07) is 10.9. The van der Waals surface area contributed by atoms with Gasteiger partial charge in [0.15, 0.2) is 0 Å². The molecule has 0 N–H and O–H groups in total. The minimum atomic E-state index is -0.0169. The Morgan fingerprint density at radius 2 is 1.80 bits per heavy atom. The molecule has 0 nitrogen and oxygen atoms in total. The molecule has 0 fully saturated rings. The quantitative estimate of drug-likeness (QED) is 0.576. The van der Waals surface area contributed by atoms with E-state index in [4.69, 9.17) is 0 Å². The largest absolute Gasteiger partial charge is 0.0989 e. The predicted octanol–water partition coefficient (Wildman–Crippen LogP) is 5.97. The van der Waals surface area contributed by atoms with Gasteiger partial charge in [0.25, 0.3) is 0 Å². The third kappa shape index (κ3) is 2.52. The zero-order valence-corrected chi connectivity index (χ0v) is 13.1. The maximum Gasteiger partial charge on any atom is 0.0405 e. The van der Waals surface area contributed by atoms with E-state index in [0.29, 0.717) is 0 Å². The van der Waals surface area contributed by atoms with Crippen LogP contribution < -0.4 is 0 Å². The summed E-state index contributed by atoms with van der Waals surface area (Å²) < 4.78 is 0. The van der Waals surface area contributed by atoms with Crippen molar-refractivity contribution in [1.82, 2.24) is 0 Å². The molecule has 0 amide bonds. The van der Waals surface area contributed by atoms with Gasteiger partial charge in [-0.1, -0.05) is 73.6 Å². The Balaban J connectivity index is 2.63. The van der Waals surface area contributed by atoms with Crippen molar-refractivity contribution in [1.29, 1.82) is 0 Å². The summed E-state index contributed by atoms with van der Waals surface area (Å²) in [5.41, 5.74) is 5.53. The van der Waals surface area contributed by atoms with Crippen LogP contribution >= 0.6 is 0 Å². The molecule has 106 valence electrons. The molecule has 0 heteroatoms. The second-order valence-corrected chi connectivity index (χ2v) is 5.88. The van der Waals surface area contributed by atoms with E-state index >= 15 is 0 Å². The van der Waals surface area contributed by atoms with E-state index in [0.717, 1.165) is 19.3 Å². The van der Waals surface area contributed by atoms with Gasteiger partial charge in [-0.3, -0.25) is 0 Å². The van der Waals surface area contributed by atoms with Crippen LogP contribution in [0.1, 0.15) is 52.0 Å². The molecule has 2 rings (SSSR count). The summed E-state index contributed by atoms with van der Waals surface area (Å²) in [6.07, 6.45) is 9.43. The molecule has 1 unspecified atom stereocenters. The van der Waals surface area contributed by atoms with Crippen molar-refractivity contribution in [2.45, 2.75) is 51.9 Å². The van der Waals surface area contributed by atoms with Crippen LogP contribution in [0.2, 0.25) is 0 Å². The average molecular weight is 266 g/mol. The first-order chi connectivity index (χ1) is 9.63. The van der Waals surface area contributed by atoms with Crippen molar-refractivity contribution in [3.63, 3.8) is 0 Å². The van der Waals surface area contributed by atoms with Gasteiger partial charge in [0.05, 0.1) is 0 Å². The maximum atomic E-state index is 4.36. The number of allylic oxidation sites excluding steroid dienone is 5. The number of rotatable bonds is 5. The van der Waals surface area contributed by atoms with Gasteiger partial charge in [-0.25, -0.2) is 0 Å². The standard InChI is InChI=1S/C20H26/c1-5-15-20(16(2)3,18-12-7-6-8-13-18)19-14-10-9-11-17(19)4/h6-8,11-14H,2,5,9-10,15H2,1,3-4H3. The summed E-state index contributed by atoms with van der Waals surface area (Å²) in [6.45, 7) is 11.1. The lowest BCUT2D eigenvalue weighted by Gasteiger charge is -2.39. The molecule has 0 heterocycles. The molecule has 0 saturated heterocycles. The molecule has 20 heavy (non-hydrogen) atoms. The Morgan fingerprint density at radius 3 is 2.35 bits per heavy atom. The molecule has 0 spiro atoms. The Kier molecular flexibility index (Phi) is 4.65. The molecule has 0 radical (unpaired) electrons. The smallest absolute Gasteiger partial charge is 0.0405 e. The van der Waals surface area contributed by atoms with Gasteiger partial charge in [-0.05, 0) is 44.2 Å². The van der Waals surface area contributed by atoms with E-state index in [1.807, 2.05) is 0 Å². The van der Waals surface area contributed by atoms with E-state index < -0.39 is 0 Å². The van der Waals surface area contributed by atoms with Crippen LogP contribution in [0.3, 0.4) is 0 Å². The average Bonchev–Trinajstić information content (AvgIpc) is 2.46. The van der Waals surface area contributed by atoms with Crippen LogP contribution in [-0.2, 0) is 5.41 Å². The lowest BCUT2D eigenvalue weighted by atomic mass is 9.64. The molecule has 0 aliphatic heterocycles. The van der Waals surface area contributed by atoms with Gasteiger partial charge in [0.1, 0.15) is 0 Å². The molecule has 0 aromatic heterocycles. The van der Waals surface area contributed by atoms with Gasteiger partial charge in [0.2, 0.25) is 0 Å². The molecule has 1 aliphatic rings. The van der Waals surface area contributed by atoms with Crippen molar-refractivity contribution in [3.8, 4) is 0 Å². The zero-order valence-electron chi connectivity index (χ0n) is 13.1. The van der Waals surface area contributed by atoms with Crippen LogP contribution in [-0.4, -0.2) is 0 Å². The normalized spacial score (nSPS) is 17.9. The first-order valence-corrected chi connectivity index (χ1v) is 7.72. The van der Waals surface area contributed by atoms with Gasteiger partial charge in [-0.2, -0.15) is 0 Å². The van der Waals surface area contributed by atoms with Gasteiger partial charge < -0.3 is 0 Å². The summed E-state index contributed by atoms with van der Waals surface area (Å²) in [5, 5.41) is 0. The van der Waals surface area contributed by atoms with Crippen LogP contribution in [0, 0.1) is 0 Å². The zero-order chi connectivity index (χ0) is 14.6. The fraction of sp³-hybridized carbons (Fsp3) is 0.400. The van der Waals surface area contributed by atoms with Crippen molar-refractivity contribution in [2.75, 3.05) is 0 Å². The van der Waals surface area contributed by atoms with E-state index in [1.165, 1.54) is 28.7 Å². The number of hydrogen-bond donors (Lipinski definition) is 0. The van der Waals surface area contributed by atoms with Crippen LogP contribution in [0.25, 0.3) is 0 Å². The van der Waals surface area contributed by atoms with Crippen molar-refractivity contribution in [3.05, 3.63) is 71.3 Å². The third-order valence-electron chi connectivity index (χ3n) is 4.47. The minimum absolute atomic E-state index is 0.0169. The van der Waals surface area contributed by atoms with E-state index in [1.54, 1.807) is 0 Å². The first-order valence-electron chi connectivity index (χ1n) is 7.72. The summed E-state index contributed by atoms with van der Waals surface area (Å²) >= 11 is 0. The highest BCUT2D eigenvalue weighted by Gasteiger charge is 2.37. The molecule has 0 saturated carbocycles. The fourth-order valence-corrected chi connectivity index (χ4v) is 3.53. The van der Waals surface area contributed by atoms with Gasteiger partial charge in [0, 0.05) is 5.41 Å². The highest BCUT2D eigenvalue weighted by atomic mass is 14.4. The molecular weight excluding hydrogens is 240 g/mol. The van der Waals surface area contributed by atoms with Crippen molar-refractivity contribution in [2.24, 2.45) is 0 Å². The fourth-order valence-electron chi connectivity index (χ4n) is 3.53. The third-order valence-corrected chi connectivity index (χ3v) is 4.47. The highest BCUT2D eigenvalue weighted by Crippen LogP contribution is 2.46. The molecule has 1 aromatic carbocycles. The van der Waals surface area contributed by atoms with Crippen molar-refractivity contribution < 1.29 is 0 Å². The molecule has 1 aromatic rings. The molecule has 1 aliphatic carbocycles. The van der Waals surface area contributed by atoms with Crippen LogP contribution in [0.5, 0.6) is 0 Å². The van der Waals surface area contributed by atoms with Crippen LogP contribution in [0.15, 0.2) is 65.8 Å². The van der Waals surface area contributed by atoms with E-state index in [9.17, 15) is 0 Å². The van der Waals surface area contributed by atoms with Gasteiger partial charge >= 0.3 is 0 Å². The second kappa shape index (κ2) is 6.26. The Morgan fingerprint density at radius 1 is 1.15 bits per heavy atom. The monoisotopic (exact) mass is 266 g/mol. The summed E-state index contributed by atoms with van der Waals surface area (Å²) in [5.74, 6) is 0. The van der Waals surface area contributed by atoms with Crippen LogP contribution in [0.4, 0.5) is 0 Å². The Bertz CT molecular complexity index is 530. The predicted molar refractivity (Wildman–Crippen MR) is 88.9 cm³/mol. The van der Waals surface area contributed by atoms with Crippen molar-refractivity contribution >= 4 is 0 Å². The lowest BCUT2D eigenvalue weighted by molar-refractivity contribution is 0.529. The highest BCUT2D eigenvalue weighted by molar-refractivity contribution is 5.53. The summed E-state index contributed by atoms with van der Waals surface area (Å²) in [4.78, 5) is 0. The molecule has 0 bridgehead atoms. The number of hydrogen-bond acceptors (Lipinski definition) is 0. The minimum Gasteiger partial charge on any atom is -0.0989 e. The molecule has 1 atom stereocenters. The topological polar surface area (TPSA) is 0 Å². The van der Waals surface area contributed by atoms with E-state index in [2.05, 4.69) is 69.8 Å². The Labute approximate surface area is 123 Å². The number of benzene rings is 1. The van der Waals surface area contributed by atoms with Gasteiger partial charge in [-0.15, -0.1) is 0 Å². The SMILES string of the molecule is C=C(C)C(CCC)(C1=CCCC=C1C)c1ccccc1. The maximum absolute atomic E-state index is 4.36. The first kappa shape index (κ1) is 14.8. The van der Waals surface area contributed by atoms with E-state index in [-0.39, 0.29) is 5.41 Å². The second-order valence-electron chi connectivity index (χ2n) is 5.88. The lowest BCUT2D eigenvalue weighted by Crippen LogP contribution is -2.31. The summed E-state index contributed by atoms with van der Waals surface area (Å²) in [7, 11) is 0. The molecular formula is C20H26.